The van der Waals surface area contributed by atoms with Crippen molar-refractivity contribution in [2.45, 2.75) is 6.92 Å². The quantitative estimate of drug-likeness (QED) is 0.0764. The van der Waals surface area contributed by atoms with Gasteiger partial charge in [-0.2, -0.15) is 5.10 Å². The third-order valence-electron chi connectivity index (χ3n) is 6.37. The first-order chi connectivity index (χ1) is 21.6. The lowest BCUT2D eigenvalue weighted by Crippen LogP contribution is -2.18. The average Bonchev–Trinajstić information content (AvgIpc) is 3.04. The molecule has 0 fully saturated rings. The Morgan fingerprint density at radius 2 is 1.44 bits per heavy atom. The number of nitrogens with zero attached hydrogens (tertiary/aromatic N) is 2. The fourth-order valence-electron chi connectivity index (χ4n) is 4.17. The van der Waals surface area contributed by atoms with E-state index in [0.717, 1.165) is 11.8 Å². The highest BCUT2D eigenvalue weighted by atomic mass is 16.6. The van der Waals surface area contributed by atoms with Gasteiger partial charge in [-0.05, 0) is 61.5 Å². The van der Waals surface area contributed by atoms with Crippen LogP contribution in [0.15, 0.2) is 84.0 Å². The van der Waals surface area contributed by atoms with E-state index in [2.05, 4.69) is 15.8 Å². The van der Waals surface area contributed by atoms with Crippen LogP contribution in [0.4, 0.5) is 11.4 Å². The first-order valence-corrected chi connectivity index (χ1v) is 13.3. The molecule has 0 aliphatic rings. The predicted molar refractivity (Wildman–Crippen MR) is 165 cm³/mol. The first-order valence-electron chi connectivity index (χ1n) is 13.3. The van der Waals surface area contributed by atoms with Gasteiger partial charge in [0.15, 0.2) is 11.5 Å². The number of nitro benzene ring substituents is 1. The number of amides is 2. The molecule has 0 aliphatic carbocycles. The molecule has 0 unspecified atom stereocenters. The Morgan fingerprint density at radius 1 is 0.778 bits per heavy atom. The zero-order valence-corrected chi connectivity index (χ0v) is 24.7. The third kappa shape index (κ3) is 7.59. The summed E-state index contributed by atoms with van der Waals surface area (Å²) in [7, 11) is 4.34. The van der Waals surface area contributed by atoms with Gasteiger partial charge in [0.2, 0.25) is 11.5 Å². The molecule has 45 heavy (non-hydrogen) atoms. The van der Waals surface area contributed by atoms with Crippen LogP contribution in [-0.4, -0.2) is 50.3 Å². The van der Waals surface area contributed by atoms with Crippen molar-refractivity contribution in [3.05, 3.63) is 117 Å². The smallest absolute Gasteiger partial charge is 0.343 e. The second-order valence-corrected chi connectivity index (χ2v) is 9.36. The van der Waals surface area contributed by atoms with Crippen molar-refractivity contribution in [3.63, 3.8) is 0 Å². The lowest BCUT2D eigenvalue weighted by atomic mass is 10.1. The zero-order chi connectivity index (χ0) is 32.5. The minimum absolute atomic E-state index is 0.0929. The Kier molecular flexibility index (Phi) is 10.1. The van der Waals surface area contributed by atoms with E-state index in [0.29, 0.717) is 22.9 Å². The molecular weight excluding hydrogens is 584 g/mol. The highest BCUT2D eigenvalue weighted by Gasteiger charge is 2.22. The number of para-hydroxylation sites is 1. The normalized spacial score (nSPS) is 10.6. The molecule has 2 amide bonds. The summed E-state index contributed by atoms with van der Waals surface area (Å²) in [6.45, 7) is 1.80. The molecule has 230 valence electrons. The number of esters is 1. The first kappa shape index (κ1) is 31.7. The highest BCUT2D eigenvalue weighted by Crippen LogP contribution is 2.38. The number of nitro groups is 1. The molecule has 0 aromatic heterocycles. The molecule has 13 nitrogen and oxygen atoms in total. The van der Waals surface area contributed by atoms with E-state index < -0.39 is 28.4 Å². The number of benzene rings is 4. The number of hydrogen-bond acceptors (Lipinski definition) is 10. The molecule has 2 N–H and O–H groups in total. The monoisotopic (exact) mass is 612 g/mol. The van der Waals surface area contributed by atoms with Crippen molar-refractivity contribution in [1.29, 1.82) is 0 Å². The van der Waals surface area contributed by atoms with Gasteiger partial charge in [-0.3, -0.25) is 19.7 Å². The van der Waals surface area contributed by atoms with Crippen molar-refractivity contribution in [1.82, 2.24) is 5.43 Å². The summed E-state index contributed by atoms with van der Waals surface area (Å²) in [5.74, 6) is -1.18. The summed E-state index contributed by atoms with van der Waals surface area (Å²) < 4.78 is 21.3. The third-order valence-corrected chi connectivity index (χ3v) is 6.37. The largest absolute Gasteiger partial charge is 0.493 e. The van der Waals surface area contributed by atoms with Crippen LogP contribution < -0.4 is 29.7 Å². The van der Waals surface area contributed by atoms with Gasteiger partial charge in [-0.25, -0.2) is 10.2 Å². The van der Waals surface area contributed by atoms with E-state index >= 15 is 0 Å². The van der Waals surface area contributed by atoms with Crippen LogP contribution in [0, 0.1) is 17.0 Å². The average molecular weight is 613 g/mol. The number of anilines is 1. The lowest BCUT2D eigenvalue weighted by molar-refractivity contribution is -0.385. The zero-order valence-electron chi connectivity index (χ0n) is 24.7. The molecule has 0 radical (unpaired) electrons. The Hall–Kier alpha value is -6.24. The SMILES string of the molecule is COc1cc(C(=O)Nc2ccc(C(=O)N/N=C/c3cccc([N+](=O)[O-])c3OC(=O)c3cccc(C)c3)cc2)cc(OC)c1OC. The lowest BCUT2D eigenvalue weighted by Gasteiger charge is -2.14. The van der Waals surface area contributed by atoms with Crippen LogP contribution in [0.1, 0.15) is 42.2 Å². The number of carbonyl (C=O) groups excluding carboxylic acids is 3. The maximum Gasteiger partial charge on any atom is 0.343 e. The van der Waals surface area contributed by atoms with Gasteiger partial charge in [0.05, 0.1) is 38.0 Å². The number of aryl methyl sites for hydroxylation is 1. The molecule has 4 aromatic carbocycles. The number of nitrogens with one attached hydrogen (secondary N) is 2. The van der Waals surface area contributed by atoms with Gasteiger partial charge in [0.25, 0.3) is 11.8 Å². The maximum atomic E-state index is 12.9. The Balaban J connectivity index is 1.45. The van der Waals surface area contributed by atoms with Gasteiger partial charge in [-0.15, -0.1) is 0 Å². The van der Waals surface area contributed by atoms with Crippen LogP contribution in [0.3, 0.4) is 0 Å². The Labute approximate surface area is 257 Å². The number of hydrogen-bond donors (Lipinski definition) is 2. The van der Waals surface area contributed by atoms with Crippen molar-refractivity contribution in [2.24, 2.45) is 5.10 Å². The molecule has 4 rings (SSSR count). The van der Waals surface area contributed by atoms with Gasteiger partial charge >= 0.3 is 11.7 Å². The summed E-state index contributed by atoms with van der Waals surface area (Å²) in [5, 5.41) is 18.2. The fraction of sp³-hybridized carbons (Fsp3) is 0.125. The van der Waals surface area contributed by atoms with Crippen LogP contribution in [-0.2, 0) is 0 Å². The van der Waals surface area contributed by atoms with E-state index in [-0.39, 0.29) is 28.0 Å². The van der Waals surface area contributed by atoms with Gasteiger partial charge in [-0.1, -0.05) is 23.8 Å². The standard InChI is InChI=1S/C32H28N4O9/c1-19-7-5-8-21(15-19)32(39)45-28-22(9-6-10-25(28)36(40)41)18-33-35-31(38)20-11-13-24(14-12-20)34-30(37)23-16-26(42-2)29(44-4)27(17-23)43-3/h5-18H,1-4H3,(H,34,37)(H,35,38)/b33-18+. The van der Waals surface area contributed by atoms with E-state index in [4.69, 9.17) is 18.9 Å². The van der Waals surface area contributed by atoms with Crippen LogP contribution >= 0.6 is 0 Å². The topological polar surface area (TPSA) is 168 Å². The molecule has 13 heteroatoms. The second kappa shape index (κ2) is 14.3. The summed E-state index contributed by atoms with van der Waals surface area (Å²) in [6.07, 6.45) is 1.13. The minimum Gasteiger partial charge on any atom is -0.493 e. The van der Waals surface area contributed by atoms with Crippen molar-refractivity contribution in [2.75, 3.05) is 26.6 Å². The van der Waals surface area contributed by atoms with Crippen molar-refractivity contribution in [3.8, 4) is 23.0 Å². The number of ether oxygens (including phenoxy) is 4. The summed E-state index contributed by atoms with van der Waals surface area (Å²) in [4.78, 5) is 49.2. The fourth-order valence-corrected chi connectivity index (χ4v) is 4.17. The van der Waals surface area contributed by atoms with Gasteiger partial charge < -0.3 is 24.3 Å². The Bertz CT molecular complexity index is 1760. The van der Waals surface area contributed by atoms with E-state index in [1.54, 1.807) is 25.1 Å². The molecule has 0 spiro atoms. The summed E-state index contributed by atoms with van der Waals surface area (Å²) >= 11 is 0. The number of rotatable bonds is 11. The van der Waals surface area contributed by atoms with Crippen LogP contribution in [0.5, 0.6) is 23.0 Å². The predicted octanol–water partition coefficient (Wildman–Crippen LogP) is 5.16. The molecule has 0 bridgehead atoms. The van der Waals surface area contributed by atoms with Gasteiger partial charge in [0, 0.05) is 28.4 Å². The minimum atomic E-state index is -0.788. The number of carbonyl (C=O) groups is 3. The molecule has 4 aromatic rings. The van der Waals surface area contributed by atoms with E-state index in [9.17, 15) is 24.5 Å². The van der Waals surface area contributed by atoms with Crippen molar-refractivity contribution >= 4 is 35.4 Å². The molecule has 0 aliphatic heterocycles. The van der Waals surface area contributed by atoms with E-state index in [1.165, 1.54) is 82.0 Å². The van der Waals surface area contributed by atoms with Crippen LogP contribution in [0.25, 0.3) is 0 Å². The molecule has 0 saturated heterocycles. The number of hydrazone groups is 1. The number of methoxy groups -OCH3 is 3. The second-order valence-electron chi connectivity index (χ2n) is 9.36. The van der Waals surface area contributed by atoms with Gasteiger partial charge in [0.1, 0.15) is 0 Å². The molecule has 0 atom stereocenters. The van der Waals surface area contributed by atoms with Crippen LogP contribution in [0.2, 0.25) is 0 Å². The summed E-state index contributed by atoms with van der Waals surface area (Å²) in [6, 6.07) is 19.6. The van der Waals surface area contributed by atoms with E-state index in [1.807, 2.05) is 0 Å². The summed E-state index contributed by atoms with van der Waals surface area (Å²) in [5.41, 5.74) is 3.88. The molecule has 0 saturated carbocycles. The highest BCUT2D eigenvalue weighted by molar-refractivity contribution is 6.05. The maximum absolute atomic E-state index is 12.9. The molecule has 0 heterocycles. The Morgan fingerprint density at radius 3 is 2.04 bits per heavy atom. The van der Waals surface area contributed by atoms with Crippen molar-refractivity contribution < 1.29 is 38.3 Å². The molecular formula is C32H28N4O9.